The lowest BCUT2D eigenvalue weighted by atomic mass is 9.46. The van der Waals surface area contributed by atoms with Crippen molar-refractivity contribution in [2.75, 3.05) is 0 Å². The van der Waals surface area contributed by atoms with E-state index in [4.69, 9.17) is 5.11 Å². The van der Waals surface area contributed by atoms with Gasteiger partial charge in [-0.15, -0.1) is 0 Å². The fourth-order valence-corrected chi connectivity index (χ4v) is 5.35. The third kappa shape index (κ3) is 3.12. The SMILES string of the molecule is C=C1CCCC2C1(C)CCC(C)C2(C)CCC(C)CC(=O)O. The standard InChI is InChI=1S/C20H34O2/c1-14(13-18(21)22)9-11-19(4)16(3)10-12-20(5)15(2)7-6-8-17(19)20/h14,16-17H,2,6-13H2,1,3-5H3,(H,21,22). The predicted molar refractivity (Wildman–Crippen MR) is 91.7 cm³/mol. The van der Waals surface area contributed by atoms with Gasteiger partial charge in [-0.1, -0.05) is 39.8 Å². The molecule has 5 unspecified atom stereocenters. The first-order chi connectivity index (χ1) is 10.2. The molecule has 2 aliphatic carbocycles. The van der Waals surface area contributed by atoms with Gasteiger partial charge in [-0.2, -0.15) is 0 Å². The van der Waals surface area contributed by atoms with Crippen molar-refractivity contribution in [3.05, 3.63) is 12.2 Å². The summed E-state index contributed by atoms with van der Waals surface area (Å²) >= 11 is 0. The van der Waals surface area contributed by atoms with Crippen LogP contribution in [0.4, 0.5) is 0 Å². The van der Waals surface area contributed by atoms with Crippen molar-refractivity contribution < 1.29 is 9.90 Å². The average molecular weight is 306 g/mol. The monoisotopic (exact) mass is 306 g/mol. The summed E-state index contributed by atoms with van der Waals surface area (Å²) in [6.45, 7) is 13.8. The minimum absolute atomic E-state index is 0.279. The highest BCUT2D eigenvalue weighted by atomic mass is 16.4. The first kappa shape index (κ1) is 17.6. The molecular weight excluding hydrogens is 272 g/mol. The Balaban J connectivity index is 2.14. The number of hydrogen-bond donors (Lipinski definition) is 1. The van der Waals surface area contributed by atoms with Gasteiger partial charge in [0.15, 0.2) is 0 Å². The number of allylic oxidation sites excluding steroid dienone is 1. The van der Waals surface area contributed by atoms with Crippen LogP contribution in [0.2, 0.25) is 0 Å². The molecule has 0 heterocycles. The van der Waals surface area contributed by atoms with Crippen LogP contribution in [-0.2, 0) is 4.79 Å². The second-order valence-corrected chi connectivity index (χ2v) is 8.65. The van der Waals surface area contributed by atoms with Crippen molar-refractivity contribution >= 4 is 5.97 Å². The Kier molecular flexibility index (Phi) is 5.09. The molecule has 2 nitrogen and oxygen atoms in total. The Labute approximate surface area is 136 Å². The number of rotatable bonds is 5. The maximum absolute atomic E-state index is 10.9. The maximum Gasteiger partial charge on any atom is 0.303 e. The Morgan fingerprint density at radius 3 is 2.73 bits per heavy atom. The number of fused-ring (bicyclic) bond motifs is 1. The minimum Gasteiger partial charge on any atom is -0.481 e. The van der Waals surface area contributed by atoms with Crippen LogP contribution < -0.4 is 0 Å². The predicted octanol–water partition coefficient (Wildman–Crippen LogP) is 5.68. The van der Waals surface area contributed by atoms with E-state index < -0.39 is 5.97 Å². The molecule has 0 amide bonds. The molecule has 2 heteroatoms. The Morgan fingerprint density at radius 1 is 1.41 bits per heavy atom. The van der Waals surface area contributed by atoms with Crippen LogP contribution in [0.15, 0.2) is 12.2 Å². The molecule has 0 saturated heterocycles. The van der Waals surface area contributed by atoms with Gasteiger partial charge in [-0.25, -0.2) is 0 Å². The Bertz CT molecular complexity index is 441. The van der Waals surface area contributed by atoms with Crippen molar-refractivity contribution in [3.63, 3.8) is 0 Å². The molecule has 0 aliphatic heterocycles. The first-order valence-corrected chi connectivity index (χ1v) is 9.10. The highest BCUT2D eigenvalue weighted by Crippen LogP contribution is 2.62. The molecule has 5 atom stereocenters. The van der Waals surface area contributed by atoms with Crippen molar-refractivity contribution in [2.24, 2.45) is 28.6 Å². The quantitative estimate of drug-likeness (QED) is 0.664. The van der Waals surface area contributed by atoms with Crippen molar-refractivity contribution in [3.8, 4) is 0 Å². The molecule has 0 spiro atoms. The summed E-state index contributed by atoms with van der Waals surface area (Å²) in [5.74, 6) is 1.07. The fraction of sp³-hybridized carbons (Fsp3) is 0.850. The summed E-state index contributed by atoms with van der Waals surface area (Å²) in [6, 6.07) is 0. The lowest BCUT2D eigenvalue weighted by Crippen LogP contribution is -2.50. The molecule has 2 saturated carbocycles. The topological polar surface area (TPSA) is 37.3 Å². The van der Waals surface area contributed by atoms with E-state index in [1.54, 1.807) is 0 Å². The largest absolute Gasteiger partial charge is 0.481 e. The van der Waals surface area contributed by atoms with Crippen molar-refractivity contribution in [2.45, 2.75) is 79.1 Å². The molecule has 2 aliphatic rings. The number of hydrogen-bond acceptors (Lipinski definition) is 1. The summed E-state index contributed by atoms with van der Waals surface area (Å²) in [4.78, 5) is 10.9. The van der Waals surface area contributed by atoms with Gasteiger partial charge in [-0.05, 0) is 73.5 Å². The molecular formula is C20H34O2. The van der Waals surface area contributed by atoms with E-state index in [1.807, 2.05) is 0 Å². The van der Waals surface area contributed by atoms with Gasteiger partial charge in [0.1, 0.15) is 0 Å². The summed E-state index contributed by atoms with van der Waals surface area (Å²) in [5, 5.41) is 8.99. The number of carboxylic acids is 1. The number of aliphatic carboxylic acids is 1. The zero-order chi connectivity index (χ0) is 16.5. The third-order valence-corrected chi connectivity index (χ3v) is 7.27. The van der Waals surface area contributed by atoms with E-state index in [0.29, 0.717) is 17.3 Å². The van der Waals surface area contributed by atoms with E-state index in [0.717, 1.165) is 24.7 Å². The molecule has 0 aromatic rings. The second kappa shape index (κ2) is 6.37. The summed E-state index contributed by atoms with van der Waals surface area (Å²) in [5.41, 5.74) is 2.12. The summed E-state index contributed by atoms with van der Waals surface area (Å²) in [7, 11) is 0. The molecule has 1 N–H and O–H groups in total. The van der Waals surface area contributed by atoms with Crippen molar-refractivity contribution in [1.29, 1.82) is 0 Å². The van der Waals surface area contributed by atoms with Gasteiger partial charge < -0.3 is 5.11 Å². The van der Waals surface area contributed by atoms with E-state index >= 15 is 0 Å². The van der Waals surface area contributed by atoms with Crippen LogP contribution in [0.5, 0.6) is 0 Å². The van der Waals surface area contributed by atoms with Gasteiger partial charge in [0, 0.05) is 6.42 Å². The highest BCUT2D eigenvalue weighted by Gasteiger charge is 2.53. The Morgan fingerprint density at radius 2 is 2.09 bits per heavy atom. The zero-order valence-electron chi connectivity index (χ0n) is 15.0. The molecule has 0 bridgehead atoms. The molecule has 0 aromatic carbocycles. The lowest BCUT2D eigenvalue weighted by Gasteiger charge is -2.59. The molecule has 22 heavy (non-hydrogen) atoms. The van der Waals surface area contributed by atoms with Gasteiger partial charge in [0.2, 0.25) is 0 Å². The normalized spacial score (nSPS) is 40.1. The van der Waals surface area contributed by atoms with Crippen LogP contribution in [-0.4, -0.2) is 11.1 Å². The second-order valence-electron chi connectivity index (χ2n) is 8.65. The van der Waals surface area contributed by atoms with E-state index in [-0.39, 0.29) is 5.92 Å². The van der Waals surface area contributed by atoms with E-state index in [2.05, 4.69) is 34.3 Å². The maximum atomic E-state index is 10.9. The number of carboxylic acid groups (broad SMARTS) is 1. The molecule has 2 fully saturated rings. The first-order valence-electron chi connectivity index (χ1n) is 9.10. The molecule has 126 valence electrons. The number of carbonyl (C=O) groups is 1. The fourth-order valence-electron chi connectivity index (χ4n) is 5.35. The molecule has 0 radical (unpaired) electrons. The lowest BCUT2D eigenvalue weighted by molar-refractivity contribution is -0.138. The van der Waals surface area contributed by atoms with Crippen LogP contribution in [0.3, 0.4) is 0 Å². The summed E-state index contributed by atoms with van der Waals surface area (Å²) < 4.78 is 0. The van der Waals surface area contributed by atoms with Crippen LogP contribution >= 0.6 is 0 Å². The Hall–Kier alpha value is -0.790. The minimum atomic E-state index is -0.662. The van der Waals surface area contributed by atoms with Gasteiger partial charge in [0.05, 0.1) is 0 Å². The van der Waals surface area contributed by atoms with Gasteiger partial charge in [0.25, 0.3) is 0 Å². The summed E-state index contributed by atoms with van der Waals surface area (Å²) in [6.07, 6.45) is 8.89. The van der Waals surface area contributed by atoms with Crippen molar-refractivity contribution in [1.82, 2.24) is 0 Å². The van der Waals surface area contributed by atoms with Gasteiger partial charge in [-0.3, -0.25) is 4.79 Å². The highest BCUT2D eigenvalue weighted by molar-refractivity contribution is 5.66. The van der Waals surface area contributed by atoms with Crippen LogP contribution in [0, 0.1) is 28.6 Å². The third-order valence-electron chi connectivity index (χ3n) is 7.27. The van der Waals surface area contributed by atoms with E-state index in [1.165, 1.54) is 37.7 Å². The average Bonchev–Trinajstić information content (AvgIpc) is 2.43. The molecule has 0 aromatic heterocycles. The molecule has 2 rings (SSSR count). The van der Waals surface area contributed by atoms with Gasteiger partial charge >= 0.3 is 5.97 Å². The smallest absolute Gasteiger partial charge is 0.303 e. The van der Waals surface area contributed by atoms with Crippen LogP contribution in [0.25, 0.3) is 0 Å². The zero-order valence-corrected chi connectivity index (χ0v) is 15.0. The van der Waals surface area contributed by atoms with E-state index in [9.17, 15) is 4.79 Å². The van der Waals surface area contributed by atoms with Crippen LogP contribution in [0.1, 0.15) is 79.1 Å².